The van der Waals surface area contributed by atoms with Crippen LogP contribution in [-0.4, -0.2) is 34.6 Å². The van der Waals surface area contributed by atoms with Crippen LogP contribution in [0, 0.1) is 13.8 Å². The summed E-state index contributed by atoms with van der Waals surface area (Å²) in [5.41, 5.74) is 13.9. The van der Waals surface area contributed by atoms with Gasteiger partial charge in [0, 0.05) is 6.54 Å². The third kappa shape index (κ3) is 5.24. The molecule has 4 nitrogen and oxygen atoms in total. The van der Waals surface area contributed by atoms with Gasteiger partial charge < -0.3 is 10.8 Å². The van der Waals surface area contributed by atoms with Crippen molar-refractivity contribution in [3.05, 3.63) is 94.5 Å². The van der Waals surface area contributed by atoms with Crippen LogP contribution in [-0.2, 0) is 11.3 Å². The van der Waals surface area contributed by atoms with Crippen LogP contribution >= 0.6 is 0 Å². The lowest BCUT2D eigenvalue weighted by Gasteiger charge is -2.37. The van der Waals surface area contributed by atoms with Gasteiger partial charge in [-0.3, -0.25) is 9.69 Å². The maximum absolute atomic E-state index is 11.9. The Morgan fingerprint density at radius 2 is 1.79 bits per heavy atom. The predicted molar refractivity (Wildman–Crippen MR) is 135 cm³/mol. The molecule has 0 aromatic heterocycles. The normalized spacial score (nSPS) is 19.1. The first-order valence-corrected chi connectivity index (χ1v) is 11.6. The van der Waals surface area contributed by atoms with Crippen LogP contribution in [0.15, 0.2) is 66.7 Å². The van der Waals surface area contributed by atoms with E-state index in [0.717, 1.165) is 24.1 Å². The molecule has 3 aromatic carbocycles. The largest absolute Gasteiger partial charge is 0.391 e. The highest BCUT2D eigenvalue weighted by Gasteiger charge is 2.34. The maximum atomic E-state index is 11.9. The molecule has 1 aliphatic rings. The number of rotatable bonds is 6. The molecule has 1 saturated heterocycles. The number of likely N-dealkylation sites (tertiary alicyclic amines) is 1. The van der Waals surface area contributed by atoms with Crippen molar-refractivity contribution in [3.63, 3.8) is 0 Å². The highest BCUT2D eigenvalue weighted by atomic mass is 16.3. The molecule has 0 radical (unpaired) electrons. The number of aryl methyl sites for hydroxylation is 1. The highest BCUT2D eigenvalue weighted by Crippen LogP contribution is 2.27. The Morgan fingerprint density at radius 1 is 1.03 bits per heavy atom. The van der Waals surface area contributed by atoms with Gasteiger partial charge in [-0.05, 0) is 72.2 Å². The summed E-state index contributed by atoms with van der Waals surface area (Å²) in [5.74, 6) is -0.452. The number of hydrogen-bond donors (Lipinski definition) is 2. The van der Waals surface area contributed by atoms with Crippen molar-refractivity contribution in [1.29, 1.82) is 0 Å². The summed E-state index contributed by atoms with van der Waals surface area (Å²) >= 11 is 0. The highest BCUT2D eigenvalue weighted by molar-refractivity contribution is 5.81. The van der Waals surface area contributed by atoms with Crippen molar-refractivity contribution in [2.45, 2.75) is 45.4 Å². The Morgan fingerprint density at radius 3 is 2.52 bits per heavy atom. The molecule has 1 fully saturated rings. The Kier molecular flexibility index (Phi) is 7.07. The molecule has 4 rings (SSSR count). The molecule has 0 spiro atoms. The summed E-state index contributed by atoms with van der Waals surface area (Å²) in [6.45, 7) is 5.64. The second-order valence-corrected chi connectivity index (χ2v) is 8.94. The minimum Gasteiger partial charge on any atom is -0.391 e. The van der Waals surface area contributed by atoms with E-state index in [2.05, 4.69) is 86.7 Å². The fourth-order valence-corrected chi connectivity index (χ4v) is 4.79. The first kappa shape index (κ1) is 23.0. The second-order valence-electron chi connectivity index (χ2n) is 8.94. The molecule has 0 bridgehead atoms. The Labute approximate surface area is 196 Å². The van der Waals surface area contributed by atoms with E-state index < -0.39 is 18.1 Å². The Hall–Kier alpha value is -3.21. The van der Waals surface area contributed by atoms with Gasteiger partial charge in [-0.25, -0.2) is 0 Å². The van der Waals surface area contributed by atoms with Gasteiger partial charge in [-0.1, -0.05) is 78.9 Å². The van der Waals surface area contributed by atoms with Crippen LogP contribution in [0.4, 0.5) is 0 Å². The molecule has 170 valence electrons. The molecule has 1 heterocycles. The van der Waals surface area contributed by atoms with E-state index in [0.29, 0.717) is 13.0 Å². The van der Waals surface area contributed by atoms with Gasteiger partial charge in [0.05, 0.1) is 6.10 Å². The summed E-state index contributed by atoms with van der Waals surface area (Å²) < 4.78 is 0. The first-order chi connectivity index (χ1) is 15.9. The molecule has 2 atom stereocenters. The van der Waals surface area contributed by atoms with Gasteiger partial charge >= 0.3 is 0 Å². The average Bonchev–Trinajstić information content (AvgIpc) is 2.80. The van der Waals surface area contributed by atoms with Crippen LogP contribution in [0.2, 0.25) is 0 Å². The third-order valence-corrected chi connectivity index (χ3v) is 6.62. The minimum absolute atomic E-state index is 0.452. The number of amides is 1. The predicted octanol–water partition coefficient (Wildman–Crippen LogP) is 4.95. The molecule has 0 saturated carbocycles. The SMILES string of the molecule is Cc1cc(CN2CCCC(O)C2C(N)=O)ccc1/C=C/c1cccc(-c2ccccc2)c1C. The number of nitrogens with zero attached hydrogens (tertiary/aromatic N) is 1. The number of benzene rings is 3. The molecular weight excluding hydrogens is 408 g/mol. The second kappa shape index (κ2) is 10.2. The zero-order valence-corrected chi connectivity index (χ0v) is 19.4. The maximum Gasteiger partial charge on any atom is 0.237 e. The molecule has 1 amide bonds. The summed E-state index contributed by atoms with van der Waals surface area (Å²) in [6.07, 6.45) is 5.14. The molecule has 0 aliphatic carbocycles. The zero-order chi connectivity index (χ0) is 23.4. The molecule has 4 heteroatoms. The van der Waals surface area contributed by atoms with Crippen LogP contribution in [0.3, 0.4) is 0 Å². The van der Waals surface area contributed by atoms with Gasteiger partial charge in [0.1, 0.15) is 6.04 Å². The fourth-order valence-electron chi connectivity index (χ4n) is 4.79. The number of primary amides is 1. The zero-order valence-electron chi connectivity index (χ0n) is 19.4. The van der Waals surface area contributed by atoms with Crippen molar-refractivity contribution in [1.82, 2.24) is 4.90 Å². The number of hydrogen-bond acceptors (Lipinski definition) is 3. The lowest BCUT2D eigenvalue weighted by atomic mass is 9.95. The topological polar surface area (TPSA) is 66.6 Å². The monoisotopic (exact) mass is 440 g/mol. The Bertz CT molecular complexity index is 1150. The van der Waals surface area contributed by atoms with E-state index in [4.69, 9.17) is 5.73 Å². The number of piperidine rings is 1. The number of aliphatic hydroxyl groups is 1. The Balaban J connectivity index is 1.52. The average molecular weight is 441 g/mol. The lowest BCUT2D eigenvalue weighted by molar-refractivity contribution is -0.130. The number of carbonyl (C=O) groups is 1. The molecular formula is C29H32N2O2. The van der Waals surface area contributed by atoms with Gasteiger partial charge in [-0.2, -0.15) is 0 Å². The smallest absolute Gasteiger partial charge is 0.237 e. The quantitative estimate of drug-likeness (QED) is 0.533. The number of nitrogens with two attached hydrogens (primary N) is 1. The molecule has 33 heavy (non-hydrogen) atoms. The van der Waals surface area contributed by atoms with E-state index in [-0.39, 0.29) is 0 Å². The van der Waals surface area contributed by atoms with Crippen molar-refractivity contribution in [3.8, 4) is 11.1 Å². The van der Waals surface area contributed by atoms with Crippen molar-refractivity contribution in [2.24, 2.45) is 5.73 Å². The summed E-state index contributed by atoms with van der Waals surface area (Å²) in [6, 6.07) is 22.6. The van der Waals surface area contributed by atoms with E-state index in [9.17, 15) is 9.90 Å². The lowest BCUT2D eigenvalue weighted by Crippen LogP contribution is -2.54. The molecule has 1 aliphatic heterocycles. The van der Waals surface area contributed by atoms with E-state index >= 15 is 0 Å². The number of carbonyl (C=O) groups excluding carboxylic acids is 1. The van der Waals surface area contributed by atoms with Crippen LogP contribution in [0.5, 0.6) is 0 Å². The first-order valence-electron chi connectivity index (χ1n) is 11.6. The summed E-state index contributed by atoms with van der Waals surface area (Å²) in [7, 11) is 0. The fraction of sp³-hybridized carbons (Fsp3) is 0.276. The van der Waals surface area contributed by atoms with Gasteiger partial charge in [-0.15, -0.1) is 0 Å². The number of aliphatic hydroxyl groups excluding tert-OH is 1. The van der Waals surface area contributed by atoms with Crippen molar-refractivity contribution in [2.75, 3.05) is 6.54 Å². The molecule has 3 N–H and O–H groups in total. The van der Waals surface area contributed by atoms with E-state index in [1.807, 2.05) is 11.0 Å². The molecule has 3 aromatic rings. The molecule has 2 unspecified atom stereocenters. The van der Waals surface area contributed by atoms with Crippen LogP contribution in [0.1, 0.15) is 40.7 Å². The standard InChI is InChI=1S/C29H32N2O2/c1-20-18-22(19-31-17-7-12-27(32)28(31)29(30)33)13-14-23(20)15-16-24-10-6-11-26(21(24)2)25-8-4-3-5-9-25/h3-6,8-11,13-16,18,27-28,32H,7,12,17,19H2,1-2H3,(H2,30,33)/b16-15+. The van der Waals surface area contributed by atoms with E-state index in [1.165, 1.54) is 27.8 Å². The van der Waals surface area contributed by atoms with Gasteiger partial charge in [0.15, 0.2) is 0 Å². The van der Waals surface area contributed by atoms with Crippen molar-refractivity contribution >= 4 is 18.1 Å². The van der Waals surface area contributed by atoms with Crippen LogP contribution in [0.25, 0.3) is 23.3 Å². The minimum atomic E-state index is -0.686. The third-order valence-electron chi connectivity index (χ3n) is 6.62. The summed E-state index contributed by atoms with van der Waals surface area (Å²) in [4.78, 5) is 13.9. The van der Waals surface area contributed by atoms with Crippen LogP contribution < -0.4 is 5.73 Å². The van der Waals surface area contributed by atoms with E-state index in [1.54, 1.807) is 0 Å². The van der Waals surface area contributed by atoms with Gasteiger partial charge in [0.25, 0.3) is 0 Å². The van der Waals surface area contributed by atoms with Crippen molar-refractivity contribution < 1.29 is 9.90 Å². The van der Waals surface area contributed by atoms with Gasteiger partial charge in [0.2, 0.25) is 5.91 Å². The summed E-state index contributed by atoms with van der Waals surface area (Å²) in [5, 5.41) is 10.2.